The fourth-order valence-corrected chi connectivity index (χ4v) is 2.53. The minimum atomic E-state index is 0.0969. The second-order valence-electron chi connectivity index (χ2n) is 5.56. The number of benzene rings is 1. The SMILES string of the molecule is COc1cccc([C@H](C)Nc2cc(-c3ccncc3)nc(C)n2)c1. The topological polar surface area (TPSA) is 59.9 Å². The second-order valence-corrected chi connectivity index (χ2v) is 5.56. The fraction of sp³-hybridized carbons (Fsp3) is 0.211. The van der Waals surface area contributed by atoms with E-state index in [1.54, 1.807) is 19.5 Å². The van der Waals surface area contributed by atoms with Crippen molar-refractivity contribution < 1.29 is 4.74 Å². The minimum Gasteiger partial charge on any atom is -0.497 e. The smallest absolute Gasteiger partial charge is 0.130 e. The number of nitrogens with zero attached hydrogens (tertiary/aromatic N) is 3. The number of pyridine rings is 1. The maximum absolute atomic E-state index is 5.29. The van der Waals surface area contributed by atoms with Crippen LogP contribution in [0, 0.1) is 6.92 Å². The van der Waals surface area contributed by atoms with Crippen LogP contribution in [0.25, 0.3) is 11.3 Å². The highest BCUT2D eigenvalue weighted by atomic mass is 16.5. The molecule has 0 saturated heterocycles. The molecule has 5 heteroatoms. The van der Waals surface area contributed by atoms with Crippen molar-refractivity contribution >= 4 is 5.82 Å². The number of anilines is 1. The Hall–Kier alpha value is -2.95. The minimum absolute atomic E-state index is 0.0969. The van der Waals surface area contributed by atoms with Crippen LogP contribution in [-0.2, 0) is 0 Å². The van der Waals surface area contributed by atoms with E-state index in [2.05, 4.69) is 33.3 Å². The summed E-state index contributed by atoms with van der Waals surface area (Å²) in [5.74, 6) is 2.37. The summed E-state index contributed by atoms with van der Waals surface area (Å²) < 4.78 is 5.29. The summed E-state index contributed by atoms with van der Waals surface area (Å²) in [6.07, 6.45) is 3.53. The Balaban J connectivity index is 1.85. The van der Waals surface area contributed by atoms with Gasteiger partial charge < -0.3 is 10.1 Å². The largest absolute Gasteiger partial charge is 0.497 e. The van der Waals surface area contributed by atoms with E-state index in [4.69, 9.17) is 4.74 Å². The van der Waals surface area contributed by atoms with Crippen LogP contribution in [0.4, 0.5) is 5.82 Å². The lowest BCUT2D eigenvalue weighted by atomic mass is 10.1. The summed E-state index contributed by atoms with van der Waals surface area (Å²) in [5, 5.41) is 3.44. The van der Waals surface area contributed by atoms with Gasteiger partial charge in [0.15, 0.2) is 0 Å². The Morgan fingerprint density at radius 3 is 2.58 bits per heavy atom. The molecular formula is C19H20N4O. The molecule has 0 radical (unpaired) electrons. The molecule has 0 fully saturated rings. The molecule has 0 bridgehead atoms. The molecule has 122 valence electrons. The first-order valence-corrected chi connectivity index (χ1v) is 7.82. The van der Waals surface area contributed by atoms with Gasteiger partial charge in [-0.25, -0.2) is 9.97 Å². The summed E-state index contributed by atoms with van der Waals surface area (Å²) >= 11 is 0. The molecule has 0 unspecified atom stereocenters. The first-order chi connectivity index (χ1) is 11.7. The standard InChI is InChI=1S/C19H20N4O/c1-13(16-5-4-6-17(11-16)24-3)21-19-12-18(22-14(2)23-19)15-7-9-20-10-8-15/h4-13H,1-3H3,(H,21,22,23)/t13-/m0/s1. The average molecular weight is 320 g/mol. The highest BCUT2D eigenvalue weighted by Crippen LogP contribution is 2.24. The van der Waals surface area contributed by atoms with Gasteiger partial charge in [-0.05, 0) is 43.7 Å². The van der Waals surface area contributed by atoms with E-state index in [1.807, 2.05) is 43.3 Å². The zero-order valence-electron chi connectivity index (χ0n) is 14.0. The zero-order valence-corrected chi connectivity index (χ0v) is 14.0. The van der Waals surface area contributed by atoms with Gasteiger partial charge in [-0.2, -0.15) is 0 Å². The van der Waals surface area contributed by atoms with Gasteiger partial charge in [-0.3, -0.25) is 4.98 Å². The van der Waals surface area contributed by atoms with Crippen molar-refractivity contribution in [2.75, 3.05) is 12.4 Å². The molecule has 3 aromatic rings. The number of ether oxygens (including phenoxy) is 1. The molecule has 0 aliphatic heterocycles. The number of methoxy groups -OCH3 is 1. The van der Waals surface area contributed by atoms with Gasteiger partial charge in [-0.1, -0.05) is 12.1 Å². The van der Waals surface area contributed by atoms with Crippen LogP contribution < -0.4 is 10.1 Å². The lowest BCUT2D eigenvalue weighted by Gasteiger charge is -2.16. The average Bonchev–Trinajstić information content (AvgIpc) is 2.62. The summed E-state index contributed by atoms with van der Waals surface area (Å²) in [4.78, 5) is 13.1. The van der Waals surface area contributed by atoms with Gasteiger partial charge in [0.1, 0.15) is 17.4 Å². The Labute approximate surface area is 141 Å². The first kappa shape index (κ1) is 15.9. The van der Waals surface area contributed by atoms with E-state index < -0.39 is 0 Å². The molecule has 3 rings (SSSR count). The Kier molecular flexibility index (Phi) is 4.70. The number of aromatic nitrogens is 3. The number of rotatable bonds is 5. The van der Waals surface area contributed by atoms with Gasteiger partial charge in [-0.15, -0.1) is 0 Å². The van der Waals surface area contributed by atoms with Crippen molar-refractivity contribution in [3.8, 4) is 17.0 Å². The predicted octanol–water partition coefficient (Wildman–Crippen LogP) is 4.03. The van der Waals surface area contributed by atoms with E-state index in [0.29, 0.717) is 0 Å². The van der Waals surface area contributed by atoms with E-state index in [1.165, 1.54) is 0 Å². The molecule has 0 saturated carbocycles. The molecule has 2 aromatic heterocycles. The van der Waals surface area contributed by atoms with Crippen LogP contribution in [0.3, 0.4) is 0 Å². The molecule has 5 nitrogen and oxygen atoms in total. The third kappa shape index (κ3) is 3.68. The fourth-order valence-electron chi connectivity index (χ4n) is 2.53. The zero-order chi connectivity index (χ0) is 16.9. The lowest BCUT2D eigenvalue weighted by molar-refractivity contribution is 0.414. The van der Waals surface area contributed by atoms with Gasteiger partial charge in [0.05, 0.1) is 18.8 Å². The molecular weight excluding hydrogens is 300 g/mol. The predicted molar refractivity (Wildman–Crippen MR) is 95.0 cm³/mol. The molecule has 2 heterocycles. The number of aryl methyl sites for hydroxylation is 1. The molecule has 1 aromatic carbocycles. The summed E-state index contributed by atoms with van der Waals surface area (Å²) in [6, 6.07) is 14.0. The summed E-state index contributed by atoms with van der Waals surface area (Å²) in [7, 11) is 1.67. The monoisotopic (exact) mass is 320 g/mol. The van der Waals surface area contributed by atoms with Crippen molar-refractivity contribution in [2.24, 2.45) is 0 Å². The molecule has 0 amide bonds. The molecule has 0 spiro atoms. The highest BCUT2D eigenvalue weighted by Gasteiger charge is 2.10. The van der Waals surface area contributed by atoms with Crippen LogP contribution in [0.5, 0.6) is 5.75 Å². The molecule has 1 N–H and O–H groups in total. The number of hydrogen-bond acceptors (Lipinski definition) is 5. The quantitative estimate of drug-likeness (QED) is 0.769. The van der Waals surface area contributed by atoms with E-state index in [0.717, 1.165) is 34.2 Å². The Morgan fingerprint density at radius 1 is 1.04 bits per heavy atom. The normalized spacial score (nSPS) is 11.8. The van der Waals surface area contributed by atoms with Crippen LogP contribution >= 0.6 is 0 Å². The summed E-state index contributed by atoms with van der Waals surface area (Å²) in [6.45, 7) is 3.99. The maximum Gasteiger partial charge on any atom is 0.130 e. The third-order valence-electron chi connectivity index (χ3n) is 3.77. The first-order valence-electron chi connectivity index (χ1n) is 7.82. The van der Waals surface area contributed by atoms with Crippen molar-refractivity contribution in [1.82, 2.24) is 15.0 Å². The highest BCUT2D eigenvalue weighted by molar-refractivity contribution is 5.62. The number of hydrogen-bond donors (Lipinski definition) is 1. The maximum atomic E-state index is 5.29. The second kappa shape index (κ2) is 7.08. The molecule has 1 atom stereocenters. The molecule has 24 heavy (non-hydrogen) atoms. The lowest BCUT2D eigenvalue weighted by Crippen LogP contribution is -2.09. The van der Waals surface area contributed by atoms with Crippen molar-refractivity contribution in [1.29, 1.82) is 0 Å². The van der Waals surface area contributed by atoms with Gasteiger partial charge in [0.2, 0.25) is 0 Å². The Bertz CT molecular complexity index is 821. The van der Waals surface area contributed by atoms with Crippen LogP contribution in [0.15, 0.2) is 54.9 Å². The summed E-state index contributed by atoms with van der Waals surface area (Å²) in [5.41, 5.74) is 3.04. The van der Waals surface area contributed by atoms with E-state index >= 15 is 0 Å². The molecule has 0 aliphatic rings. The van der Waals surface area contributed by atoms with Gasteiger partial charge in [0, 0.05) is 24.0 Å². The van der Waals surface area contributed by atoms with Gasteiger partial charge >= 0.3 is 0 Å². The van der Waals surface area contributed by atoms with Gasteiger partial charge in [0.25, 0.3) is 0 Å². The van der Waals surface area contributed by atoms with Crippen molar-refractivity contribution in [3.63, 3.8) is 0 Å². The van der Waals surface area contributed by atoms with E-state index in [-0.39, 0.29) is 6.04 Å². The van der Waals surface area contributed by atoms with Crippen molar-refractivity contribution in [3.05, 3.63) is 66.2 Å². The molecule has 0 aliphatic carbocycles. The van der Waals surface area contributed by atoms with Crippen LogP contribution in [0.1, 0.15) is 24.4 Å². The van der Waals surface area contributed by atoms with Crippen molar-refractivity contribution in [2.45, 2.75) is 19.9 Å². The third-order valence-corrected chi connectivity index (χ3v) is 3.77. The van der Waals surface area contributed by atoms with Crippen LogP contribution in [0.2, 0.25) is 0 Å². The number of nitrogens with one attached hydrogen (secondary N) is 1. The van der Waals surface area contributed by atoms with E-state index in [9.17, 15) is 0 Å². The Morgan fingerprint density at radius 2 is 1.83 bits per heavy atom. The van der Waals surface area contributed by atoms with Crippen LogP contribution in [-0.4, -0.2) is 22.1 Å².